The molecule has 128 valence electrons. The number of hydrogen-bond acceptors (Lipinski definition) is 2. The number of hydrogen-bond donors (Lipinski definition) is 1. The van der Waals surface area contributed by atoms with E-state index in [1.807, 2.05) is 17.8 Å². The summed E-state index contributed by atoms with van der Waals surface area (Å²) in [4.78, 5) is 16.9. The second-order valence-electron chi connectivity index (χ2n) is 6.66. The lowest BCUT2D eigenvalue weighted by Crippen LogP contribution is -2.32. The van der Waals surface area contributed by atoms with Crippen LogP contribution in [0.15, 0.2) is 36.7 Å². The molecule has 1 aliphatic carbocycles. The summed E-state index contributed by atoms with van der Waals surface area (Å²) in [5.74, 6) is 0.984. The summed E-state index contributed by atoms with van der Waals surface area (Å²) in [6.07, 6.45) is 10.1. The molecule has 1 amide bonds. The normalized spacial score (nSPS) is 16.8. The number of halogens is 1. The van der Waals surface area contributed by atoms with Gasteiger partial charge in [0.2, 0.25) is 5.91 Å². The van der Waals surface area contributed by atoms with Gasteiger partial charge < -0.3 is 9.88 Å². The minimum atomic E-state index is -0.360. The van der Waals surface area contributed by atoms with Gasteiger partial charge in [-0.3, -0.25) is 4.79 Å². The molecule has 1 unspecified atom stereocenters. The van der Waals surface area contributed by atoms with Gasteiger partial charge in [0, 0.05) is 25.9 Å². The summed E-state index contributed by atoms with van der Waals surface area (Å²) >= 11 is 0. The Kier molecular flexibility index (Phi) is 5.28. The summed E-state index contributed by atoms with van der Waals surface area (Å²) in [5, 5.41) is 3.10. The van der Waals surface area contributed by atoms with Crippen LogP contribution in [0.25, 0.3) is 0 Å². The number of carbonyl (C=O) groups excluding carboxylic acids is 1. The summed E-state index contributed by atoms with van der Waals surface area (Å²) in [6.45, 7) is 0. The van der Waals surface area contributed by atoms with Crippen molar-refractivity contribution in [2.24, 2.45) is 13.0 Å². The number of imidazole rings is 1. The molecule has 1 atom stereocenters. The summed E-state index contributed by atoms with van der Waals surface area (Å²) in [5.41, 5.74) is 0.836. The molecule has 0 bridgehead atoms. The number of nitrogens with zero attached hydrogens (tertiary/aromatic N) is 2. The van der Waals surface area contributed by atoms with E-state index >= 15 is 0 Å². The fourth-order valence-corrected chi connectivity index (χ4v) is 3.48. The van der Waals surface area contributed by atoms with Gasteiger partial charge in [0.1, 0.15) is 17.7 Å². The maximum Gasteiger partial charge on any atom is 0.221 e. The van der Waals surface area contributed by atoms with Crippen LogP contribution < -0.4 is 5.32 Å². The molecule has 0 aliphatic heterocycles. The molecule has 1 aliphatic rings. The van der Waals surface area contributed by atoms with Crippen LogP contribution >= 0.6 is 0 Å². The van der Waals surface area contributed by atoms with Crippen molar-refractivity contribution in [3.8, 4) is 0 Å². The topological polar surface area (TPSA) is 46.9 Å². The zero-order valence-electron chi connectivity index (χ0n) is 14.0. The molecule has 5 heteroatoms. The number of amides is 1. The Balaban J connectivity index is 1.76. The minimum absolute atomic E-state index is 0.0409. The molecule has 0 spiro atoms. The Morgan fingerprint density at radius 1 is 1.29 bits per heavy atom. The third-order valence-corrected chi connectivity index (χ3v) is 4.82. The van der Waals surface area contributed by atoms with Crippen molar-refractivity contribution in [3.63, 3.8) is 0 Å². The first kappa shape index (κ1) is 16.7. The van der Waals surface area contributed by atoms with Gasteiger partial charge in [-0.25, -0.2) is 9.37 Å². The van der Waals surface area contributed by atoms with E-state index in [9.17, 15) is 9.18 Å². The summed E-state index contributed by atoms with van der Waals surface area (Å²) in [6, 6.07) is 5.88. The number of aryl methyl sites for hydroxylation is 1. The highest BCUT2D eigenvalue weighted by molar-refractivity contribution is 5.77. The molecule has 1 aromatic heterocycles. The Morgan fingerprint density at radius 3 is 2.62 bits per heavy atom. The van der Waals surface area contributed by atoms with Gasteiger partial charge in [-0.1, -0.05) is 31.4 Å². The van der Waals surface area contributed by atoms with Crippen molar-refractivity contribution >= 4 is 5.91 Å². The van der Waals surface area contributed by atoms with Gasteiger partial charge >= 0.3 is 0 Å². The van der Waals surface area contributed by atoms with Crippen molar-refractivity contribution in [1.29, 1.82) is 0 Å². The zero-order chi connectivity index (χ0) is 16.9. The summed E-state index contributed by atoms with van der Waals surface area (Å²) in [7, 11) is 1.89. The molecule has 4 nitrogen and oxygen atoms in total. The first-order valence-corrected chi connectivity index (χ1v) is 8.65. The van der Waals surface area contributed by atoms with E-state index in [-0.39, 0.29) is 17.8 Å². The van der Waals surface area contributed by atoms with Gasteiger partial charge in [0.05, 0.1) is 0 Å². The van der Waals surface area contributed by atoms with Crippen LogP contribution in [0.3, 0.4) is 0 Å². The SMILES string of the molecule is Cn1ccnc1C(NC(=O)CC1CCCCC1)c1ccc(F)cc1. The van der Waals surface area contributed by atoms with E-state index in [1.165, 1.54) is 31.4 Å². The number of rotatable bonds is 5. The molecule has 0 saturated heterocycles. The second kappa shape index (κ2) is 7.60. The highest BCUT2D eigenvalue weighted by Crippen LogP contribution is 2.27. The number of benzene rings is 1. The Labute approximate surface area is 142 Å². The molecule has 2 aromatic rings. The largest absolute Gasteiger partial charge is 0.342 e. The third kappa shape index (κ3) is 4.02. The van der Waals surface area contributed by atoms with Crippen LogP contribution in [0.5, 0.6) is 0 Å². The predicted octanol–water partition coefficient (Wildman–Crippen LogP) is 3.74. The monoisotopic (exact) mass is 329 g/mol. The first-order valence-electron chi connectivity index (χ1n) is 8.65. The van der Waals surface area contributed by atoms with Gasteiger partial charge in [-0.05, 0) is 36.5 Å². The van der Waals surface area contributed by atoms with Crippen molar-refractivity contribution in [1.82, 2.24) is 14.9 Å². The van der Waals surface area contributed by atoms with Crippen LogP contribution in [0, 0.1) is 11.7 Å². The Hall–Kier alpha value is -2.17. The molecule has 0 radical (unpaired) electrons. The van der Waals surface area contributed by atoms with Crippen molar-refractivity contribution in [2.45, 2.75) is 44.6 Å². The van der Waals surface area contributed by atoms with Crippen molar-refractivity contribution in [2.75, 3.05) is 0 Å². The van der Waals surface area contributed by atoms with Crippen LogP contribution in [0.4, 0.5) is 4.39 Å². The molecular weight excluding hydrogens is 305 g/mol. The second-order valence-corrected chi connectivity index (χ2v) is 6.66. The molecule has 1 aromatic carbocycles. The lowest BCUT2D eigenvalue weighted by molar-refractivity contribution is -0.122. The molecule has 1 N–H and O–H groups in total. The first-order chi connectivity index (χ1) is 11.6. The fourth-order valence-electron chi connectivity index (χ4n) is 3.48. The predicted molar refractivity (Wildman–Crippen MR) is 90.8 cm³/mol. The molecule has 1 saturated carbocycles. The number of carbonyl (C=O) groups is 1. The lowest BCUT2D eigenvalue weighted by atomic mass is 9.86. The lowest BCUT2D eigenvalue weighted by Gasteiger charge is -2.23. The van der Waals surface area contributed by atoms with Gasteiger partial charge in [-0.15, -0.1) is 0 Å². The van der Waals surface area contributed by atoms with Gasteiger partial charge in [-0.2, -0.15) is 0 Å². The van der Waals surface area contributed by atoms with Gasteiger partial charge in [0.25, 0.3) is 0 Å². The zero-order valence-corrected chi connectivity index (χ0v) is 14.0. The van der Waals surface area contributed by atoms with Gasteiger partial charge in [0.15, 0.2) is 0 Å². The highest BCUT2D eigenvalue weighted by atomic mass is 19.1. The van der Waals surface area contributed by atoms with E-state index in [1.54, 1.807) is 18.3 Å². The Bertz CT molecular complexity index is 674. The van der Waals surface area contributed by atoms with E-state index in [0.29, 0.717) is 12.3 Å². The number of nitrogens with one attached hydrogen (secondary N) is 1. The van der Waals surface area contributed by atoms with Crippen molar-refractivity contribution in [3.05, 3.63) is 53.9 Å². The molecule has 1 fully saturated rings. The Morgan fingerprint density at radius 2 is 2.00 bits per heavy atom. The van der Waals surface area contributed by atoms with Crippen LogP contribution in [0.2, 0.25) is 0 Å². The third-order valence-electron chi connectivity index (χ3n) is 4.82. The maximum atomic E-state index is 13.2. The maximum absolute atomic E-state index is 13.2. The molecule has 3 rings (SSSR count). The summed E-state index contributed by atoms with van der Waals surface area (Å²) < 4.78 is 15.1. The molecular formula is C19H24FN3O. The average Bonchev–Trinajstić information content (AvgIpc) is 3.00. The molecule has 24 heavy (non-hydrogen) atoms. The molecule has 1 heterocycles. The highest BCUT2D eigenvalue weighted by Gasteiger charge is 2.23. The van der Waals surface area contributed by atoms with Crippen molar-refractivity contribution < 1.29 is 9.18 Å². The smallest absolute Gasteiger partial charge is 0.221 e. The van der Waals surface area contributed by atoms with E-state index < -0.39 is 0 Å². The standard InChI is InChI=1S/C19H24FN3O/c1-23-12-11-21-19(23)18(15-7-9-16(20)10-8-15)22-17(24)13-14-5-3-2-4-6-14/h7-12,14,18H,2-6,13H2,1H3,(H,22,24). The number of aromatic nitrogens is 2. The minimum Gasteiger partial charge on any atom is -0.342 e. The van der Waals surface area contributed by atoms with E-state index in [0.717, 1.165) is 24.2 Å². The average molecular weight is 329 g/mol. The van der Waals surface area contributed by atoms with Crippen LogP contribution in [-0.4, -0.2) is 15.5 Å². The van der Waals surface area contributed by atoms with E-state index in [2.05, 4.69) is 10.3 Å². The van der Waals surface area contributed by atoms with Crippen LogP contribution in [-0.2, 0) is 11.8 Å². The fraction of sp³-hybridized carbons (Fsp3) is 0.474. The quantitative estimate of drug-likeness (QED) is 0.908. The van der Waals surface area contributed by atoms with Crippen LogP contribution in [0.1, 0.15) is 56.0 Å². The van der Waals surface area contributed by atoms with E-state index in [4.69, 9.17) is 0 Å².